The fourth-order valence-electron chi connectivity index (χ4n) is 2.68. The summed E-state index contributed by atoms with van der Waals surface area (Å²) in [5, 5.41) is 0. The van der Waals surface area contributed by atoms with Crippen LogP contribution in [0.4, 0.5) is 4.79 Å². The molecule has 18 heavy (non-hydrogen) atoms. The van der Waals surface area contributed by atoms with Gasteiger partial charge in [0, 0.05) is 19.0 Å². The smallest absolute Gasteiger partial charge is 0.410 e. The molecular weight excluding hydrogens is 230 g/mol. The van der Waals surface area contributed by atoms with Gasteiger partial charge in [-0.15, -0.1) is 0 Å². The fourth-order valence-corrected chi connectivity index (χ4v) is 2.68. The van der Waals surface area contributed by atoms with Crippen molar-refractivity contribution in [3.63, 3.8) is 0 Å². The zero-order chi connectivity index (χ0) is 13.3. The first-order valence-electron chi connectivity index (χ1n) is 6.88. The van der Waals surface area contributed by atoms with Crippen LogP contribution in [-0.2, 0) is 9.53 Å². The summed E-state index contributed by atoms with van der Waals surface area (Å²) < 4.78 is 5.27. The summed E-state index contributed by atoms with van der Waals surface area (Å²) in [5.41, 5.74) is -0.461. The van der Waals surface area contributed by atoms with E-state index >= 15 is 0 Å². The number of carbonyl (C=O) groups is 2. The number of ether oxygens (including phenoxy) is 1. The highest BCUT2D eigenvalue weighted by Gasteiger charge is 2.40. The Morgan fingerprint density at radius 3 is 2.11 bits per heavy atom. The van der Waals surface area contributed by atoms with Gasteiger partial charge in [-0.05, 0) is 33.6 Å². The van der Waals surface area contributed by atoms with Crippen LogP contribution in [0.1, 0.15) is 46.5 Å². The van der Waals surface area contributed by atoms with Gasteiger partial charge in [0.2, 0.25) is 0 Å². The van der Waals surface area contributed by atoms with Crippen molar-refractivity contribution in [3.05, 3.63) is 0 Å². The summed E-state index contributed by atoms with van der Waals surface area (Å²) in [4.78, 5) is 25.5. The molecule has 1 saturated carbocycles. The van der Waals surface area contributed by atoms with E-state index in [9.17, 15) is 9.59 Å². The molecule has 102 valence electrons. The highest BCUT2D eigenvalue weighted by Crippen LogP contribution is 2.31. The monoisotopic (exact) mass is 253 g/mol. The molecule has 1 amide bonds. The predicted molar refractivity (Wildman–Crippen MR) is 68.3 cm³/mol. The Morgan fingerprint density at radius 2 is 1.61 bits per heavy atom. The van der Waals surface area contributed by atoms with Crippen molar-refractivity contribution < 1.29 is 14.3 Å². The Kier molecular flexibility index (Phi) is 3.64. The molecule has 0 atom stereocenters. The first kappa shape index (κ1) is 13.4. The Morgan fingerprint density at radius 1 is 1.06 bits per heavy atom. The molecule has 2 fully saturated rings. The topological polar surface area (TPSA) is 46.6 Å². The maximum absolute atomic E-state index is 12.1. The van der Waals surface area contributed by atoms with E-state index in [1.165, 1.54) is 12.8 Å². The van der Waals surface area contributed by atoms with Gasteiger partial charge in [-0.25, -0.2) is 4.79 Å². The van der Waals surface area contributed by atoms with Gasteiger partial charge in [-0.2, -0.15) is 0 Å². The molecule has 0 N–H and O–H groups in total. The first-order chi connectivity index (χ1) is 8.37. The molecule has 0 aromatic heterocycles. The number of ketones is 1. The molecule has 0 bridgehead atoms. The van der Waals surface area contributed by atoms with Crippen molar-refractivity contribution in [2.75, 3.05) is 13.1 Å². The summed E-state index contributed by atoms with van der Waals surface area (Å²) in [6.45, 7) is 6.65. The lowest BCUT2D eigenvalue weighted by atomic mass is 9.86. The molecule has 2 rings (SSSR count). The molecule has 1 heterocycles. The average molecular weight is 253 g/mol. The first-order valence-corrected chi connectivity index (χ1v) is 6.88. The SMILES string of the molecule is CC(C)(C)OC(=O)N1CC(C(=O)C2CCCC2)C1. The van der Waals surface area contributed by atoms with Crippen molar-refractivity contribution in [2.24, 2.45) is 11.8 Å². The standard InChI is InChI=1S/C14H23NO3/c1-14(2,3)18-13(17)15-8-11(9-15)12(16)10-6-4-5-7-10/h10-11H,4-9H2,1-3H3. The third-order valence-corrected chi connectivity index (χ3v) is 3.69. The molecule has 1 aliphatic heterocycles. The van der Waals surface area contributed by atoms with Crippen LogP contribution in [0.25, 0.3) is 0 Å². The quantitative estimate of drug-likeness (QED) is 0.760. The van der Waals surface area contributed by atoms with E-state index < -0.39 is 5.60 Å². The highest BCUT2D eigenvalue weighted by molar-refractivity contribution is 5.86. The van der Waals surface area contributed by atoms with E-state index in [4.69, 9.17) is 4.74 Å². The molecule has 0 radical (unpaired) electrons. The molecule has 1 aliphatic carbocycles. The second-order valence-electron chi connectivity index (χ2n) is 6.47. The largest absolute Gasteiger partial charge is 0.444 e. The Bertz CT molecular complexity index is 333. The van der Waals surface area contributed by atoms with Gasteiger partial charge in [0.1, 0.15) is 11.4 Å². The summed E-state index contributed by atoms with van der Waals surface area (Å²) in [7, 11) is 0. The number of amides is 1. The number of hydrogen-bond acceptors (Lipinski definition) is 3. The average Bonchev–Trinajstić information content (AvgIpc) is 2.63. The molecule has 0 aromatic rings. The van der Waals surface area contributed by atoms with Gasteiger partial charge in [0.05, 0.1) is 5.92 Å². The molecule has 0 aromatic carbocycles. The van der Waals surface area contributed by atoms with E-state index in [-0.39, 0.29) is 17.9 Å². The highest BCUT2D eigenvalue weighted by atomic mass is 16.6. The summed E-state index contributed by atoms with van der Waals surface area (Å²) in [5.74, 6) is 0.684. The fraction of sp³-hybridized carbons (Fsp3) is 0.857. The van der Waals surface area contributed by atoms with Gasteiger partial charge in [0.15, 0.2) is 0 Å². The lowest BCUT2D eigenvalue weighted by Crippen LogP contribution is -2.55. The lowest BCUT2D eigenvalue weighted by Gasteiger charge is -2.39. The van der Waals surface area contributed by atoms with Crippen LogP contribution in [0.2, 0.25) is 0 Å². The van der Waals surface area contributed by atoms with Crippen LogP contribution >= 0.6 is 0 Å². The molecule has 4 heteroatoms. The van der Waals surface area contributed by atoms with Crippen molar-refractivity contribution in [1.29, 1.82) is 0 Å². The van der Waals surface area contributed by atoms with Gasteiger partial charge in [-0.1, -0.05) is 12.8 Å². The number of rotatable bonds is 2. The number of Topliss-reactive ketones (excluding diaryl/α,β-unsaturated/α-hetero) is 1. The minimum atomic E-state index is -0.461. The summed E-state index contributed by atoms with van der Waals surface area (Å²) in [6.07, 6.45) is 4.15. The molecule has 2 aliphatic rings. The molecule has 0 unspecified atom stereocenters. The minimum Gasteiger partial charge on any atom is -0.444 e. The molecular formula is C14H23NO3. The maximum atomic E-state index is 12.1. The van der Waals surface area contributed by atoms with E-state index in [1.54, 1.807) is 4.90 Å². The number of hydrogen-bond donors (Lipinski definition) is 0. The van der Waals surface area contributed by atoms with Gasteiger partial charge >= 0.3 is 6.09 Å². The van der Waals surface area contributed by atoms with Gasteiger partial charge in [0.25, 0.3) is 0 Å². The minimum absolute atomic E-state index is 0.0561. The number of nitrogens with zero attached hydrogens (tertiary/aromatic N) is 1. The van der Waals surface area contributed by atoms with Crippen LogP contribution in [0, 0.1) is 11.8 Å². The normalized spacial score (nSPS) is 21.8. The van der Waals surface area contributed by atoms with E-state index in [0.29, 0.717) is 18.9 Å². The Labute approximate surface area is 109 Å². The molecule has 0 spiro atoms. The number of likely N-dealkylation sites (tertiary alicyclic amines) is 1. The third kappa shape index (κ3) is 3.03. The second kappa shape index (κ2) is 4.90. The van der Waals surface area contributed by atoms with E-state index in [0.717, 1.165) is 12.8 Å². The van der Waals surface area contributed by atoms with Crippen molar-refractivity contribution in [1.82, 2.24) is 4.90 Å². The lowest BCUT2D eigenvalue weighted by molar-refractivity contribution is -0.131. The van der Waals surface area contributed by atoms with Gasteiger partial charge in [-0.3, -0.25) is 4.79 Å². The van der Waals surface area contributed by atoms with Crippen LogP contribution < -0.4 is 0 Å². The van der Waals surface area contributed by atoms with Crippen molar-refractivity contribution in [3.8, 4) is 0 Å². The molecule has 1 saturated heterocycles. The van der Waals surface area contributed by atoms with Crippen molar-refractivity contribution >= 4 is 11.9 Å². The Balaban J connectivity index is 1.76. The Hall–Kier alpha value is -1.06. The van der Waals surface area contributed by atoms with Crippen LogP contribution in [0.5, 0.6) is 0 Å². The van der Waals surface area contributed by atoms with E-state index in [2.05, 4.69) is 0 Å². The van der Waals surface area contributed by atoms with Crippen LogP contribution in [0.15, 0.2) is 0 Å². The third-order valence-electron chi connectivity index (χ3n) is 3.69. The predicted octanol–water partition coefficient (Wildman–Crippen LogP) is 2.61. The zero-order valence-electron chi connectivity index (χ0n) is 11.6. The van der Waals surface area contributed by atoms with Crippen LogP contribution in [-0.4, -0.2) is 35.5 Å². The van der Waals surface area contributed by atoms with Gasteiger partial charge < -0.3 is 9.64 Å². The zero-order valence-corrected chi connectivity index (χ0v) is 11.6. The van der Waals surface area contributed by atoms with Crippen LogP contribution in [0.3, 0.4) is 0 Å². The second-order valence-corrected chi connectivity index (χ2v) is 6.47. The summed E-state index contributed by atoms with van der Waals surface area (Å²) in [6, 6.07) is 0. The molecule has 4 nitrogen and oxygen atoms in total. The maximum Gasteiger partial charge on any atom is 0.410 e. The summed E-state index contributed by atoms with van der Waals surface area (Å²) >= 11 is 0. The number of carbonyl (C=O) groups excluding carboxylic acids is 2. The van der Waals surface area contributed by atoms with Crippen molar-refractivity contribution in [2.45, 2.75) is 52.1 Å². The van der Waals surface area contributed by atoms with E-state index in [1.807, 2.05) is 20.8 Å².